The Morgan fingerprint density at radius 3 is 2.34 bits per heavy atom. The average Bonchev–Trinajstić information content (AvgIpc) is 2.72. The van der Waals surface area contributed by atoms with Crippen LogP contribution in [0.1, 0.15) is 37.1 Å². The standard InChI is InChI=1S/C21H21FN4O2S/c1-2-3-6-13-24-21-20(25-17-7-4-5-8-18(17)26-21)19(14-23)29(27,28)16-11-9-15(22)10-12-16/h4-5,7-12,19H,2-3,6,13H2,1H3,(H,24,26). The Morgan fingerprint density at radius 2 is 1.72 bits per heavy atom. The Kier molecular flexibility index (Phi) is 6.39. The molecular formula is C21H21FN4O2S. The van der Waals surface area contributed by atoms with E-state index in [0.29, 0.717) is 17.6 Å². The number of anilines is 1. The van der Waals surface area contributed by atoms with Gasteiger partial charge in [0.15, 0.2) is 11.1 Å². The molecule has 1 heterocycles. The van der Waals surface area contributed by atoms with Gasteiger partial charge >= 0.3 is 0 Å². The second kappa shape index (κ2) is 8.97. The van der Waals surface area contributed by atoms with Gasteiger partial charge in [-0.05, 0) is 42.8 Å². The van der Waals surface area contributed by atoms with Gasteiger partial charge in [0.05, 0.1) is 22.0 Å². The van der Waals surface area contributed by atoms with Crippen LogP contribution in [0, 0.1) is 17.1 Å². The molecule has 0 spiro atoms. The number of rotatable bonds is 8. The summed E-state index contributed by atoms with van der Waals surface area (Å²) in [7, 11) is -4.12. The highest BCUT2D eigenvalue weighted by molar-refractivity contribution is 7.92. The van der Waals surface area contributed by atoms with Crippen molar-refractivity contribution in [2.24, 2.45) is 0 Å². The summed E-state index contributed by atoms with van der Waals surface area (Å²) in [5, 5.41) is 11.3. The smallest absolute Gasteiger partial charge is 0.200 e. The maximum absolute atomic E-state index is 13.2. The highest BCUT2D eigenvalue weighted by Crippen LogP contribution is 2.32. The summed E-state index contributed by atoms with van der Waals surface area (Å²) in [6, 6.07) is 13.3. The Hall–Kier alpha value is -3.05. The number of fused-ring (bicyclic) bond motifs is 1. The van der Waals surface area contributed by atoms with Crippen molar-refractivity contribution in [3.63, 3.8) is 0 Å². The van der Waals surface area contributed by atoms with Crippen molar-refractivity contribution in [2.45, 2.75) is 36.3 Å². The van der Waals surface area contributed by atoms with Crippen molar-refractivity contribution in [3.8, 4) is 6.07 Å². The van der Waals surface area contributed by atoms with E-state index in [0.717, 1.165) is 43.5 Å². The molecule has 8 heteroatoms. The zero-order valence-electron chi connectivity index (χ0n) is 16.0. The summed E-state index contributed by atoms with van der Waals surface area (Å²) >= 11 is 0. The van der Waals surface area contributed by atoms with E-state index in [1.807, 2.05) is 12.1 Å². The molecule has 3 rings (SSSR count). The molecule has 29 heavy (non-hydrogen) atoms. The zero-order chi connectivity index (χ0) is 20.9. The molecule has 0 saturated carbocycles. The molecule has 0 saturated heterocycles. The first-order chi connectivity index (χ1) is 14.0. The SMILES string of the molecule is CCCCCNc1nc2ccccc2nc1C(C#N)S(=O)(=O)c1ccc(F)cc1. The number of nitrogens with zero attached hydrogens (tertiary/aromatic N) is 3. The maximum atomic E-state index is 13.2. The summed E-state index contributed by atoms with van der Waals surface area (Å²) in [6.07, 6.45) is 2.93. The molecule has 1 N–H and O–H groups in total. The molecule has 0 aliphatic carbocycles. The summed E-state index contributed by atoms with van der Waals surface area (Å²) in [5.41, 5.74) is 1.15. The maximum Gasteiger partial charge on any atom is 0.200 e. The van der Waals surface area contributed by atoms with Crippen LogP contribution < -0.4 is 5.32 Å². The van der Waals surface area contributed by atoms with Crippen LogP contribution in [-0.2, 0) is 9.84 Å². The first kappa shape index (κ1) is 20.7. The third-order valence-corrected chi connectivity index (χ3v) is 6.37. The Morgan fingerprint density at radius 1 is 1.07 bits per heavy atom. The number of halogens is 1. The van der Waals surface area contributed by atoms with E-state index >= 15 is 0 Å². The van der Waals surface area contributed by atoms with Crippen molar-refractivity contribution in [3.05, 3.63) is 60.0 Å². The fourth-order valence-corrected chi connectivity index (χ4v) is 4.33. The molecule has 150 valence electrons. The van der Waals surface area contributed by atoms with Gasteiger partial charge in [-0.3, -0.25) is 0 Å². The summed E-state index contributed by atoms with van der Waals surface area (Å²) in [6.45, 7) is 2.67. The van der Waals surface area contributed by atoms with Crippen LogP contribution in [0.15, 0.2) is 53.4 Å². The molecular weight excluding hydrogens is 391 g/mol. The first-order valence-electron chi connectivity index (χ1n) is 9.37. The minimum atomic E-state index is -4.12. The van der Waals surface area contributed by atoms with E-state index < -0.39 is 20.9 Å². The van der Waals surface area contributed by atoms with Gasteiger partial charge < -0.3 is 5.32 Å². The first-order valence-corrected chi connectivity index (χ1v) is 10.9. The highest BCUT2D eigenvalue weighted by Gasteiger charge is 2.33. The molecule has 1 unspecified atom stereocenters. The van der Waals surface area contributed by atoms with Crippen molar-refractivity contribution in [2.75, 3.05) is 11.9 Å². The fourth-order valence-electron chi connectivity index (χ4n) is 2.95. The van der Waals surface area contributed by atoms with Crippen LogP contribution in [0.2, 0.25) is 0 Å². The van der Waals surface area contributed by atoms with Crippen LogP contribution in [0.5, 0.6) is 0 Å². The third kappa shape index (κ3) is 4.51. The van der Waals surface area contributed by atoms with Crippen LogP contribution in [0.4, 0.5) is 10.2 Å². The Balaban J connectivity index is 2.08. The molecule has 1 atom stereocenters. The monoisotopic (exact) mass is 412 g/mol. The average molecular weight is 412 g/mol. The van der Waals surface area contributed by atoms with Crippen LogP contribution in [0.3, 0.4) is 0 Å². The molecule has 3 aromatic rings. The lowest BCUT2D eigenvalue weighted by molar-refractivity contribution is 0.589. The van der Waals surface area contributed by atoms with Crippen LogP contribution >= 0.6 is 0 Å². The molecule has 0 fully saturated rings. The number of hydrogen-bond donors (Lipinski definition) is 1. The molecule has 0 radical (unpaired) electrons. The van der Waals surface area contributed by atoms with Crippen LogP contribution in [-0.4, -0.2) is 24.9 Å². The lowest BCUT2D eigenvalue weighted by Crippen LogP contribution is -2.17. The minimum Gasteiger partial charge on any atom is -0.368 e. The van der Waals surface area contributed by atoms with E-state index in [9.17, 15) is 18.1 Å². The second-order valence-electron chi connectivity index (χ2n) is 6.59. The van der Waals surface area contributed by atoms with Gasteiger partial charge in [-0.1, -0.05) is 31.9 Å². The van der Waals surface area contributed by atoms with Crippen molar-refractivity contribution in [1.82, 2.24) is 9.97 Å². The quantitative estimate of drug-likeness (QED) is 0.435. The number of para-hydroxylation sites is 2. The van der Waals surface area contributed by atoms with Gasteiger partial charge in [-0.25, -0.2) is 22.8 Å². The van der Waals surface area contributed by atoms with Gasteiger partial charge in [0.1, 0.15) is 11.5 Å². The van der Waals surface area contributed by atoms with Crippen molar-refractivity contribution >= 4 is 26.7 Å². The van der Waals surface area contributed by atoms with E-state index in [4.69, 9.17) is 0 Å². The topological polar surface area (TPSA) is 95.7 Å². The normalized spacial score (nSPS) is 12.4. The highest BCUT2D eigenvalue weighted by atomic mass is 32.2. The minimum absolute atomic E-state index is 0.0482. The van der Waals surface area contributed by atoms with Gasteiger partial charge in [-0.2, -0.15) is 5.26 Å². The lowest BCUT2D eigenvalue weighted by atomic mass is 10.2. The predicted molar refractivity (Wildman–Crippen MR) is 109 cm³/mol. The lowest BCUT2D eigenvalue weighted by Gasteiger charge is -2.16. The predicted octanol–water partition coefficient (Wildman–Crippen LogP) is 4.41. The number of hydrogen-bond acceptors (Lipinski definition) is 6. The number of aromatic nitrogens is 2. The number of unbranched alkanes of at least 4 members (excludes halogenated alkanes) is 2. The van der Waals surface area contributed by atoms with E-state index in [-0.39, 0.29) is 16.4 Å². The Labute approximate surface area is 169 Å². The molecule has 6 nitrogen and oxygen atoms in total. The number of benzene rings is 2. The van der Waals surface area contributed by atoms with E-state index in [1.165, 1.54) is 0 Å². The summed E-state index contributed by atoms with van der Waals surface area (Å²) in [4.78, 5) is 8.83. The van der Waals surface area contributed by atoms with Crippen LogP contribution in [0.25, 0.3) is 11.0 Å². The van der Waals surface area contributed by atoms with Gasteiger partial charge in [-0.15, -0.1) is 0 Å². The largest absolute Gasteiger partial charge is 0.368 e. The number of sulfone groups is 1. The molecule has 0 bridgehead atoms. The van der Waals surface area contributed by atoms with E-state index in [1.54, 1.807) is 18.2 Å². The molecule has 1 aromatic heterocycles. The Bertz CT molecular complexity index is 1140. The third-order valence-electron chi connectivity index (χ3n) is 4.49. The molecule has 0 aliphatic rings. The number of nitriles is 1. The number of nitrogens with one attached hydrogen (secondary N) is 1. The zero-order valence-corrected chi connectivity index (χ0v) is 16.8. The summed E-state index contributed by atoms with van der Waals surface area (Å²) in [5.74, 6) is -0.279. The van der Waals surface area contributed by atoms with Gasteiger partial charge in [0, 0.05) is 6.54 Å². The summed E-state index contributed by atoms with van der Waals surface area (Å²) < 4.78 is 39.4. The van der Waals surface area contributed by atoms with Gasteiger partial charge in [0.2, 0.25) is 9.84 Å². The van der Waals surface area contributed by atoms with Gasteiger partial charge in [0.25, 0.3) is 0 Å². The van der Waals surface area contributed by atoms with Crippen molar-refractivity contribution in [1.29, 1.82) is 5.26 Å². The van der Waals surface area contributed by atoms with Crippen molar-refractivity contribution < 1.29 is 12.8 Å². The molecule has 2 aromatic carbocycles. The second-order valence-corrected chi connectivity index (χ2v) is 8.62. The van der Waals surface area contributed by atoms with E-state index in [2.05, 4.69) is 22.2 Å². The fraction of sp³-hybridized carbons (Fsp3) is 0.286. The molecule has 0 amide bonds. The molecule has 0 aliphatic heterocycles.